The SMILES string of the molecule is C#CCOc1ccc2nc(C(=O)C3=COC=C(C4=CC=CCC4)O3)nc(-c3ccc(C(C)C)cc3)c2c1. The fraction of sp³-hybridized carbons (Fsp3) is 0.194. The van der Waals surface area contributed by atoms with E-state index in [0.29, 0.717) is 28.6 Å². The molecule has 2 heterocycles. The summed E-state index contributed by atoms with van der Waals surface area (Å²) in [6.45, 7) is 4.43. The minimum atomic E-state index is -0.466. The first-order valence-electron chi connectivity index (χ1n) is 12.2. The number of allylic oxidation sites excluding steroid dienone is 5. The minimum Gasteiger partial charge on any atom is -0.481 e. The number of nitrogens with zero attached hydrogens (tertiary/aromatic N) is 2. The van der Waals surface area contributed by atoms with E-state index < -0.39 is 5.78 Å². The largest absolute Gasteiger partial charge is 0.481 e. The molecule has 0 N–H and O–H groups in total. The van der Waals surface area contributed by atoms with Crippen molar-refractivity contribution in [1.29, 1.82) is 0 Å². The Hall–Kier alpha value is -4.63. The number of ether oxygens (including phenoxy) is 3. The molecule has 3 aromatic rings. The molecule has 0 atom stereocenters. The predicted molar refractivity (Wildman–Crippen MR) is 143 cm³/mol. The van der Waals surface area contributed by atoms with Gasteiger partial charge in [-0.15, -0.1) is 6.42 Å². The number of carbonyl (C=O) groups excluding carboxylic acids is 1. The lowest BCUT2D eigenvalue weighted by molar-refractivity contribution is 0.0924. The number of hydrogen-bond acceptors (Lipinski definition) is 6. The van der Waals surface area contributed by atoms with E-state index in [2.05, 4.69) is 43.0 Å². The number of Topliss-reactive ketones (excluding diaryl/α,β-unsaturated/α-hetero) is 1. The monoisotopic (exact) mass is 490 g/mol. The molecular formula is C31H26N2O4. The fourth-order valence-electron chi connectivity index (χ4n) is 4.15. The van der Waals surface area contributed by atoms with Gasteiger partial charge in [0.15, 0.2) is 5.76 Å². The highest BCUT2D eigenvalue weighted by atomic mass is 16.5. The number of benzene rings is 2. The van der Waals surface area contributed by atoms with E-state index in [4.69, 9.17) is 25.6 Å². The number of carbonyl (C=O) groups is 1. The maximum atomic E-state index is 13.5. The van der Waals surface area contributed by atoms with Crippen molar-refractivity contribution in [2.45, 2.75) is 32.6 Å². The third-order valence-corrected chi connectivity index (χ3v) is 6.17. The Labute approximate surface area is 216 Å². The Morgan fingerprint density at radius 3 is 2.70 bits per heavy atom. The molecule has 2 aromatic carbocycles. The maximum Gasteiger partial charge on any atom is 0.268 e. The zero-order chi connectivity index (χ0) is 25.8. The van der Waals surface area contributed by atoms with Gasteiger partial charge in [-0.2, -0.15) is 0 Å². The molecule has 0 fully saturated rings. The van der Waals surface area contributed by atoms with E-state index >= 15 is 0 Å². The van der Waals surface area contributed by atoms with Gasteiger partial charge in [0, 0.05) is 10.9 Å². The quantitative estimate of drug-likeness (QED) is 0.274. The molecule has 6 heteroatoms. The van der Waals surface area contributed by atoms with E-state index in [0.717, 1.165) is 29.4 Å². The first-order valence-corrected chi connectivity index (χ1v) is 12.2. The highest BCUT2D eigenvalue weighted by molar-refractivity contribution is 6.07. The van der Waals surface area contributed by atoms with E-state index in [9.17, 15) is 4.79 Å². The highest BCUT2D eigenvalue weighted by Crippen LogP contribution is 2.32. The summed E-state index contributed by atoms with van der Waals surface area (Å²) in [5.74, 6) is 3.56. The van der Waals surface area contributed by atoms with Gasteiger partial charge in [-0.05, 0) is 48.1 Å². The summed E-state index contributed by atoms with van der Waals surface area (Å²) in [4.78, 5) is 22.8. The van der Waals surface area contributed by atoms with Crippen LogP contribution < -0.4 is 4.74 Å². The van der Waals surface area contributed by atoms with Crippen molar-refractivity contribution in [2.24, 2.45) is 0 Å². The molecular weight excluding hydrogens is 464 g/mol. The van der Waals surface area contributed by atoms with Crippen molar-refractivity contribution in [2.75, 3.05) is 6.61 Å². The molecule has 2 aliphatic rings. The number of ketones is 1. The summed E-state index contributed by atoms with van der Waals surface area (Å²) in [6, 6.07) is 13.6. The van der Waals surface area contributed by atoms with Gasteiger partial charge in [-0.1, -0.05) is 62.3 Å². The molecule has 0 saturated carbocycles. The first kappa shape index (κ1) is 24.1. The summed E-state index contributed by atoms with van der Waals surface area (Å²) in [7, 11) is 0. The van der Waals surface area contributed by atoms with E-state index in [1.165, 1.54) is 18.1 Å². The van der Waals surface area contributed by atoms with Crippen LogP contribution >= 0.6 is 0 Å². The van der Waals surface area contributed by atoms with Gasteiger partial charge in [-0.3, -0.25) is 4.79 Å². The molecule has 1 aliphatic heterocycles. The van der Waals surface area contributed by atoms with Crippen LogP contribution in [0.2, 0.25) is 0 Å². The molecule has 0 radical (unpaired) electrons. The Morgan fingerprint density at radius 2 is 1.97 bits per heavy atom. The molecule has 0 spiro atoms. The van der Waals surface area contributed by atoms with Crippen LogP contribution in [0.15, 0.2) is 90.3 Å². The molecule has 0 bridgehead atoms. The van der Waals surface area contributed by atoms with Crippen molar-refractivity contribution in [3.05, 3.63) is 102 Å². The maximum absolute atomic E-state index is 13.5. The molecule has 5 rings (SSSR count). The van der Waals surface area contributed by atoms with Gasteiger partial charge >= 0.3 is 0 Å². The predicted octanol–water partition coefficient (Wildman–Crippen LogP) is 6.62. The molecule has 0 saturated heterocycles. The van der Waals surface area contributed by atoms with Crippen LogP contribution in [0.1, 0.15) is 48.8 Å². The second-order valence-corrected chi connectivity index (χ2v) is 9.03. The van der Waals surface area contributed by atoms with Crippen LogP contribution in [0.25, 0.3) is 22.2 Å². The molecule has 1 aromatic heterocycles. The summed E-state index contributed by atoms with van der Waals surface area (Å²) < 4.78 is 17.0. The lowest BCUT2D eigenvalue weighted by Crippen LogP contribution is -2.15. The van der Waals surface area contributed by atoms with Crippen molar-refractivity contribution in [3.63, 3.8) is 0 Å². The van der Waals surface area contributed by atoms with Gasteiger partial charge in [0.1, 0.15) is 24.9 Å². The van der Waals surface area contributed by atoms with Crippen LogP contribution in [-0.4, -0.2) is 22.4 Å². The molecule has 1 aliphatic carbocycles. The van der Waals surface area contributed by atoms with E-state index in [-0.39, 0.29) is 18.2 Å². The second-order valence-electron chi connectivity index (χ2n) is 9.03. The van der Waals surface area contributed by atoms with E-state index in [1.54, 1.807) is 12.1 Å². The summed E-state index contributed by atoms with van der Waals surface area (Å²) in [6.07, 6.45) is 15.9. The third-order valence-electron chi connectivity index (χ3n) is 6.17. The van der Waals surface area contributed by atoms with Crippen molar-refractivity contribution in [1.82, 2.24) is 9.97 Å². The second kappa shape index (κ2) is 10.5. The molecule has 0 amide bonds. The van der Waals surface area contributed by atoms with Gasteiger partial charge in [0.05, 0.1) is 11.2 Å². The molecule has 184 valence electrons. The number of rotatable bonds is 7. The summed E-state index contributed by atoms with van der Waals surface area (Å²) in [5.41, 5.74) is 4.24. The standard InChI is InChI=1S/C31H26N2O4/c1-4-16-36-24-14-15-26-25(17-24)29(23-12-10-21(11-13-23)20(2)3)33-31(32-26)30(34)28-19-35-18-27(37-28)22-8-6-5-7-9-22/h1,5-6,8,10-15,17-20H,7,9,16H2,2-3H3. The topological polar surface area (TPSA) is 70.5 Å². The number of terminal acetylenes is 1. The van der Waals surface area contributed by atoms with Crippen LogP contribution in [-0.2, 0) is 9.47 Å². The van der Waals surface area contributed by atoms with E-state index in [1.807, 2.05) is 30.4 Å². The zero-order valence-electron chi connectivity index (χ0n) is 20.7. The molecule has 37 heavy (non-hydrogen) atoms. The lowest BCUT2D eigenvalue weighted by Gasteiger charge is -2.18. The van der Waals surface area contributed by atoms with Crippen molar-refractivity contribution >= 4 is 16.7 Å². The van der Waals surface area contributed by atoms with Crippen molar-refractivity contribution in [3.8, 4) is 29.4 Å². The van der Waals surface area contributed by atoms with Crippen LogP contribution in [0, 0.1) is 12.3 Å². The summed E-state index contributed by atoms with van der Waals surface area (Å²) >= 11 is 0. The third kappa shape index (κ3) is 5.17. The average molecular weight is 491 g/mol. The fourth-order valence-corrected chi connectivity index (χ4v) is 4.15. The minimum absolute atomic E-state index is 0.0151. The first-order chi connectivity index (χ1) is 18.0. The Balaban J connectivity index is 1.54. The molecule has 0 unspecified atom stereocenters. The Kier molecular flexibility index (Phi) is 6.87. The Morgan fingerprint density at radius 1 is 1.14 bits per heavy atom. The van der Waals surface area contributed by atoms with Gasteiger partial charge in [-0.25, -0.2) is 9.97 Å². The van der Waals surface area contributed by atoms with Crippen LogP contribution in [0.5, 0.6) is 5.75 Å². The van der Waals surface area contributed by atoms with Crippen molar-refractivity contribution < 1.29 is 19.0 Å². The number of aromatic nitrogens is 2. The zero-order valence-corrected chi connectivity index (χ0v) is 20.7. The van der Waals surface area contributed by atoms with Crippen LogP contribution in [0.3, 0.4) is 0 Å². The van der Waals surface area contributed by atoms with Gasteiger partial charge in [0.2, 0.25) is 11.6 Å². The lowest BCUT2D eigenvalue weighted by atomic mass is 9.99. The average Bonchev–Trinajstić information content (AvgIpc) is 2.95. The van der Waals surface area contributed by atoms with Crippen LogP contribution in [0.4, 0.5) is 0 Å². The highest BCUT2D eigenvalue weighted by Gasteiger charge is 2.25. The smallest absolute Gasteiger partial charge is 0.268 e. The normalized spacial score (nSPS) is 14.7. The number of fused-ring (bicyclic) bond motifs is 1. The summed E-state index contributed by atoms with van der Waals surface area (Å²) in [5, 5.41) is 0.748. The number of hydrogen-bond donors (Lipinski definition) is 0. The van der Waals surface area contributed by atoms with Gasteiger partial charge < -0.3 is 14.2 Å². The Bertz CT molecular complexity index is 1520. The molecule has 6 nitrogen and oxygen atoms in total. The van der Waals surface area contributed by atoms with Gasteiger partial charge in [0.25, 0.3) is 5.78 Å².